The number of carbonyl (C=O) groups is 2. The predicted octanol–water partition coefficient (Wildman–Crippen LogP) is 3.95. The van der Waals surface area contributed by atoms with E-state index in [0.717, 1.165) is 41.5 Å². The van der Waals surface area contributed by atoms with Gasteiger partial charge in [0.2, 0.25) is 0 Å². The van der Waals surface area contributed by atoms with E-state index < -0.39 is 12.1 Å². The molecular weight excluding hydrogens is 499 g/mol. The zero-order valence-corrected chi connectivity index (χ0v) is 21.0. The predicted molar refractivity (Wildman–Crippen MR) is 132 cm³/mol. The Hall–Kier alpha value is -3.12. The van der Waals surface area contributed by atoms with Crippen LogP contribution in [0, 0.1) is 0 Å². The van der Waals surface area contributed by atoms with Crippen molar-refractivity contribution in [2.45, 2.75) is 25.9 Å². The van der Waals surface area contributed by atoms with Crippen molar-refractivity contribution < 1.29 is 32.6 Å². The van der Waals surface area contributed by atoms with Gasteiger partial charge in [0.25, 0.3) is 11.5 Å². The monoisotopic (exact) mass is 527 g/mol. The maximum atomic E-state index is 13.4. The molecule has 4 rings (SSSR count). The zero-order valence-electron chi connectivity index (χ0n) is 20.2. The lowest BCUT2D eigenvalue weighted by molar-refractivity contribution is -0.192. The molecule has 0 unspecified atom stereocenters. The first-order valence-electron chi connectivity index (χ1n) is 11.4. The normalized spacial score (nSPS) is 14.6. The molecule has 0 saturated carbocycles. The number of hydrogen-bond donors (Lipinski definition) is 1. The summed E-state index contributed by atoms with van der Waals surface area (Å²) in [5.41, 5.74) is 0.754. The van der Waals surface area contributed by atoms with Crippen LogP contribution >= 0.6 is 11.3 Å². The van der Waals surface area contributed by atoms with Gasteiger partial charge in [-0.3, -0.25) is 9.59 Å². The van der Waals surface area contributed by atoms with Crippen LogP contribution in [0.1, 0.15) is 29.4 Å². The standard InChI is InChI=1S/C22H27N3O3S.C2HF3O2/c1-4-5-14-28-18-17-19(15-8-6-7-9-16(15)24(3)21(17)26)29-20(18)22(27)25-12-10-23(2)11-13-25;3-2(4,5)1(6)7/h6-9H,4-5,10-14H2,1-3H3;(H,6,7). The fourth-order valence-electron chi connectivity index (χ4n) is 3.79. The van der Waals surface area contributed by atoms with Gasteiger partial charge < -0.3 is 24.2 Å². The molecule has 1 saturated heterocycles. The zero-order chi connectivity index (χ0) is 26.6. The highest BCUT2D eigenvalue weighted by atomic mass is 32.1. The maximum absolute atomic E-state index is 13.4. The summed E-state index contributed by atoms with van der Waals surface area (Å²) in [4.78, 5) is 40.1. The van der Waals surface area contributed by atoms with Gasteiger partial charge in [-0.15, -0.1) is 11.3 Å². The molecule has 2 aromatic heterocycles. The van der Waals surface area contributed by atoms with E-state index >= 15 is 0 Å². The van der Waals surface area contributed by atoms with Crippen LogP contribution in [0.25, 0.3) is 21.0 Å². The number of carboxylic acid groups (broad SMARTS) is 1. The lowest BCUT2D eigenvalue weighted by atomic mass is 10.1. The minimum atomic E-state index is -5.08. The average Bonchev–Trinajstić information content (AvgIpc) is 3.22. The number of unbranched alkanes of at least 4 members (excludes halogenated alkanes) is 1. The molecule has 0 spiro atoms. The van der Waals surface area contributed by atoms with E-state index in [9.17, 15) is 22.8 Å². The van der Waals surface area contributed by atoms with Gasteiger partial charge in [0.1, 0.15) is 10.3 Å². The summed E-state index contributed by atoms with van der Waals surface area (Å²) in [6.45, 7) is 5.69. The first kappa shape index (κ1) is 27.5. The van der Waals surface area contributed by atoms with Crippen LogP contribution in [0.2, 0.25) is 0 Å². The van der Waals surface area contributed by atoms with Crippen molar-refractivity contribution in [1.29, 1.82) is 0 Å². The number of aliphatic carboxylic acids is 1. The summed E-state index contributed by atoms with van der Waals surface area (Å²) in [7, 11) is 3.84. The van der Waals surface area contributed by atoms with Gasteiger partial charge in [-0.2, -0.15) is 13.2 Å². The molecule has 0 atom stereocenters. The summed E-state index contributed by atoms with van der Waals surface area (Å²) in [5, 5.41) is 8.64. The van der Waals surface area contributed by atoms with Crippen molar-refractivity contribution in [3.8, 4) is 5.75 Å². The number of nitrogens with zero attached hydrogens (tertiary/aromatic N) is 3. The van der Waals surface area contributed by atoms with Crippen LogP contribution in [0.5, 0.6) is 5.75 Å². The van der Waals surface area contributed by atoms with E-state index in [1.807, 2.05) is 29.2 Å². The Labute approximate surface area is 209 Å². The molecule has 1 aliphatic rings. The van der Waals surface area contributed by atoms with Gasteiger partial charge in [0.05, 0.1) is 16.8 Å². The lowest BCUT2D eigenvalue weighted by Gasteiger charge is -2.32. The Morgan fingerprint density at radius 3 is 2.31 bits per heavy atom. The van der Waals surface area contributed by atoms with E-state index in [4.69, 9.17) is 14.6 Å². The quantitative estimate of drug-likeness (QED) is 0.506. The number of halogens is 3. The van der Waals surface area contributed by atoms with Gasteiger partial charge in [0, 0.05) is 38.6 Å². The molecule has 1 aliphatic heterocycles. The number of carboxylic acids is 1. The molecule has 0 radical (unpaired) electrons. The number of likely N-dealkylation sites (N-methyl/N-ethyl adjacent to an activating group) is 1. The smallest absolute Gasteiger partial charge is 0.490 e. The van der Waals surface area contributed by atoms with Crippen molar-refractivity contribution >= 4 is 44.2 Å². The largest absolute Gasteiger partial charge is 0.491 e. The van der Waals surface area contributed by atoms with Crippen molar-refractivity contribution in [3.05, 3.63) is 39.5 Å². The molecule has 0 bridgehead atoms. The summed E-state index contributed by atoms with van der Waals surface area (Å²) in [6, 6.07) is 7.84. The molecule has 8 nitrogen and oxygen atoms in total. The number of carbonyl (C=O) groups excluding carboxylic acids is 1. The third-order valence-corrected chi connectivity index (χ3v) is 7.06. The van der Waals surface area contributed by atoms with Gasteiger partial charge in [-0.1, -0.05) is 31.5 Å². The molecule has 3 heterocycles. The number of aryl methyl sites for hydroxylation is 1. The van der Waals surface area contributed by atoms with Gasteiger partial charge in [0.15, 0.2) is 5.75 Å². The Kier molecular flexibility index (Phi) is 8.62. The number of amides is 1. The lowest BCUT2D eigenvalue weighted by Crippen LogP contribution is -2.47. The number of rotatable bonds is 5. The van der Waals surface area contributed by atoms with Crippen molar-refractivity contribution in [2.75, 3.05) is 39.8 Å². The molecular formula is C24H28F3N3O5S. The number of alkyl halides is 3. The number of fused-ring (bicyclic) bond motifs is 3. The molecule has 1 aromatic carbocycles. The average molecular weight is 528 g/mol. The topological polar surface area (TPSA) is 92.1 Å². The Morgan fingerprint density at radius 2 is 1.72 bits per heavy atom. The fourth-order valence-corrected chi connectivity index (χ4v) is 5.02. The number of para-hydroxylation sites is 1. The van der Waals surface area contributed by atoms with Crippen molar-refractivity contribution in [1.82, 2.24) is 14.4 Å². The Morgan fingerprint density at radius 1 is 1.11 bits per heavy atom. The summed E-state index contributed by atoms with van der Waals surface area (Å²) in [6.07, 6.45) is -3.21. The number of benzene rings is 1. The second-order valence-corrected chi connectivity index (χ2v) is 9.47. The first-order valence-corrected chi connectivity index (χ1v) is 12.2. The molecule has 36 heavy (non-hydrogen) atoms. The summed E-state index contributed by atoms with van der Waals surface area (Å²) >= 11 is 1.39. The molecule has 196 valence electrons. The van der Waals surface area contributed by atoms with Gasteiger partial charge >= 0.3 is 12.1 Å². The van der Waals surface area contributed by atoms with Crippen LogP contribution in [0.3, 0.4) is 0 Å². The van der Waals surface area contributed by atoms with Crippen LogP contribution in [0.15, 0.2) is 29.1 Å². The summed E-state index contributed by atoms with van der Waals surface area (Å²) in [5.74, 6) is -2.32. The highest BCUT2D eigenvalue weighted by Crippen LogP contribution is 2.40. The molecule has 1 N–H and O–H groups in total. The Bertz CT molecular complexity index is 1310. The molecule has 3 aromatic rings. The van der Waals surface area contributed by atoms with Gasteiger partial charge in [-0.05, 0) is 19.5 Å². The van der Waals surface area contributed by atoms with E-state index in [2.05, 4.69) is 18.9 Å². The molecule has 1 fully saturated rings. The number of hydrogen-bond acceptors (Lipinski definition) is 6. The molecule has 1 amide bonds. The van der Waals surface area contributed by atoms with E-state index in [1.165, 1.54) is 11.3 Å². The summed E-state index contributed by atoms with van der Waals surface area (Å²) < 4.78 is 40.3. The number of ether oxygens (including phenoxy) is 1. The number of aromatic nitrogens is 1. The third-order valence-electron chi connectivity index (χ3n) is 5.86. The minimum Gasteiger partial charge on any atom is -0.491 e. The molecule has 0 aliphatic carbocycles. The van der Waals surface area contributed by atoms with Crippen LogP contribution in [-0.4, -0.2) is 77.4 Å². The number of thiophene rings is 1. The van der Waals surface area contributed by atoms with Crippen molar-refractivity contribution in [2.24, 2.45) is 7.05 Å². The third kappa shape index (κ3) is 5.81. The fraction of sp³-hybridized carbons (Fsp3) is 0.458. The van der Waals surface area contributed by atoms with E-state index in [-0.39, 0.29) is 11.5 Å². The minimum absolute atomic E-state index is 0.0306. The highest BCUT2D eigenvalue weighted by Gasteiger charge is 2.38. The van der Waals surface area contributed by atoms with Crippen LogP contribution in [-0.2, 0) is 11.8 Å². The number of piperazine rings is 1. The van der Waals surface area contributed by atoms with E-state index in [0.29, 0.717) is 35.7 Å². The van der Waals surface area contributed by atoms with Crippen LogP contribution in [0.4, 0.5) is 13.2 Å². The van der Waals surface area contributed by atoms with Gasteiger partial charge in [-0.25, -0.2) is 4.79 Å². The molecule has 12 heteroatoms. The van der Waals surface area contributed by atoms with Crippen LogP contribution < -0.4 is 10.3 Å². The number of pyridine rings is 1. The maximum Gasteiger partial charge on any atom is 0.490 e. The van der Waals surface area contributed by atoms with Crippen molar-refractivity contribution in [3.63, 3.8) is 0 Å². The SMILES string of the molecule is CCCCOc1c(C(=O)N2CCN(C)CC2)sc2c1c(=O)n(C)c1ccccc21.O=C(O)C(F)(F)F. The second-order valence-electron chi connectivity index (χ2n) is 8.45. The van der Waals surface area contributed by atoms with E-state index in [1.54, 1.807) is 11.6 Å². The Balaban J connectivity index is 0.000000454. The first-order chi connectivity index (χ1) is 17.0. The highest BCUT2D eigenvalue weighted by molar-refractivity contribution is 7.22. The second kappa shape index (κ2) is 11.3.